The molecule has 1 aliphatic rings. The van der Waals surface area contributed by atoms with Crippen molar-refractivity contribution in [1.82, 2.24) is 29.1 Å². The number of aromatic nitrogens is 4. The van der Waals surface area contributed by atoms with Crippen molar-refractivity contribution in [2.45, 2.75) is 38.3 Å². The number of aryl methyl sites for hydroxylation is 1. The molecule has 4 heterocycles. The number of piperidine rings is 1. The van der Waals surface area contributed by atoms with Crippen LogP contribution in [0.5, 0.6) is 5.88 Å². The van der Waals surface area contributed by atoms with Crippen molar-refractivity contribution in [3.8, 4) is 17.3 Å². The van der Waals surface area contributed by atoms with Crippen LogP contribution >= 0.6 is 11.6 Å². The van der Waals surface area contributed by atoms with Gasteiger partial charge in [0.1, 0.15) is 11.0 Å². The molecule has 5 rings (SSSR count). The summed E-state index contributed by atoms with van der Waals surface area (Å²) in [6.07, 6.45) is 1.10. The minimum Gasteiger partial charge on any atom is -0.468 e. The molecule has 0 saturated carbocycles. The number of rotatable bonds is 8. The van der Waals surface area contributed by atoms with Crippen molar-refractivity contribution in [3.05, 3.63) is 74.9 Å². The van der Waals surface area contributed by atoms with Gasteiger partial charge in [-0.3, -0.25) is 14.2 Å². The van der Waals surface area contributed by atoms with E-state index in [0.717, 1.165) is 11.8 Å². The van der Waals surface area contributed by atoms with Crippen LogP contribution < -0.4 is 20.3 Å². The number of ether oxygens (including phenoxy) is 1. The number of carbonyl (C=O) groups is 1. The summed E-state index contributed by atoms with van der Waals surface area (Å²) in [7, 11) is -0.673. The minimum absolute atomic E-state index is 0.0160. The van der Waals surface area contributed by atoms with E-state index in [2.05, 4.69) is 15.3 Å². The summed E-state index contributed by atoms with van der Waals surface area (Å²) in [4.78, 5) is 40.9. The van der Waals surface area contributed by atoms with Crippen molar-refractivity contribution in [3.63, 3.8) is 0 Å². The van der Waals surface area contributed by atoms with Crippen LogP contribution in [0.15, 0.2) is 47.4 Å². The third kappa shape index (κ3) is 7.11. The van der Waals surface area contributed by atoms with E-state index in [9.17, 15) is 26.8 Å². The number of amides is 1. The molecule has 0 spiro atoms. The number of nitrogens with one attached hydrogen (secondary N) is 2. The molecule has 1 fully saturated rings. The molecule has 16 heteroatoms. The Morgan fingerprint density at radius 3 is 2.57 bits per heavy atom. The predicted molar refractivity (Wildman–Crippen MR) is 170 cm³/mol. The SMILES string of the molecule is Cc1cc([C@@H](C)Nc2ccc(Cl)nc2C(=O)NS(C)(=O)=O)c2nc(-c3ccc(O[C@H]4CCN(C)CC4(F)F)nc3)n(C)c(=O)c2c1. The standard InChI is InChI=1S/C30H32ClF2N7O5S/c1-16-12-19(17(2)35-21-7-8-23(31)36-26(21)28(41)38-46(5,43)44)25-20(13-16)29(42)40(4)27(37-25)18-6-9-24(34-14-18)45-22-10-11-39(3)15-30(22,32)33/h6-9,12-14,17,22,35H,10-11,15H2,1-5H3,(H,38,41)/t17-,22+/m1/s1. The predicted octanol–water partition coefficient (Wildman–Crippen LogP) is 3.93. The monoisotopic (exact) mass is 675 g/mol. The van der Waals surface area contributed by atoms with Crippen LogP contribution in [-0.2, 0) is 17.1 Å². The molecular formula is C30H32ClF2N7O5S. The number of fused-ring (bicyclic) bond motifs is 1. The molecule has 12 nitrogen and oxygen atoms in total. The van der Waals surface area contributed by atoms with Gasteiger partial charge >= 0.3 is 0 Å². The van der Waals surface area contributed by atoms with Gasteiger partial charge < -0.3 is 15.0 Å². The average molecular weight is 676 g/mol. The molecule has 1 aromatic carbocycles. The molecular weight excluding hydrogens is 644 g/mol. The van der Waals surface area contributed by atoms with E-state index in [-0.39, 0.29) is 40.2 Å². The fraction of sp³-hybridized carbons (Fsp3) is 0.367. The number of anilines is 1. The second-order valence-electron chi connectivity index (χ2n) is 11.4. The topological polar surface area (TPSA) is 148 Å². The molecule has 1 aliphatic heterocycles. The zero-order valence-corrected chi connectivity index (χ0v) is 27.2. The van der Waals surface area contributed by atoms with Crippen molar-refractivity contribution in [1.29, 1.82) is 0 Å². The van der Waals surface area contributed by atoms with E-state index in [0.29, 0.717) is 28.6 Å². The Bertz CT molecular complexity index is 1990. The van der Waals surface area contributed by atoms with Crippen molar-refractivity contribution < 1.29 is 26.7 Å². The van der Waals surface area contributed by atoms with Gasteiger partial charge in [0.15, 0.2) is 11.8 Å². The second kappa shape index (κ2) is 12.5. The van der Waals surface area contributed by atoms with Gasteiger partial charge in [-0.2, -0.15) is 0 Å². The van der Waals surface area contributed by atoms with Crippen molar-refractivity contribution >= 4 is 44.1 Å². The second-order valence-corrected chi connectivity index (χ2v) is 13.6. The molecule has 3 aromatic heterocycles. The summed E-state index contributed by atoms with van der Waals surface area (Å²) in [6, 6.07) is 9.01. The van der Waals surface area contributed by atoms with E-state index in [1.165, 1.54) is 29.0 Å². The smallest absolute Gasteiger partial charge is 0.296 e. The highest BCUT2D eigenvalue weighted by Gasteiger charge is 2.45. The van der Waals surface area contributed by atoms with Crippen LogP contribution in [0, 0.1) is 6.92 Å². The number of halogens is 3. The first-order chi connectivity index (χ1) is 21.5. The molecule has 244 valence electrons. The number of nitrogens with zero attached hydrogens (tertiary/aromatic N) is 5. The zero-order chi connectivity index (χ0) is 33.6. The maximum atomic E-state index is 14.5. The summed E-state index contributed by atoms with van der Waals surface area (Å²) < 4.78 is 61.2. The number of sulfonamides is 1. The Morgan fingerprint density at radius 2 is 1.91 bits per heavy atom. The molecule has 0 bridgehead atoms. The summed E-state index contributed by atoms with van der Waals surface area (Å²) in [5.41, 5.74) is 1.85. The van der Waals surface area contributed by atoms with Gasteiger partial charge in [-0.1, -0.05) is 17.7 Å². The van der Waals surface area contributed by atoms with Crippen LogP contribution in [-0.4, -0.2) is 77.2 Å². The van der Waals surface area contributed by atoms with Gasteiger partial charge in [-0.05, 0) is 50.7 Å². The Kier molecular flexibility index (Phi) is 9.03. The molecule has 1 saturated heterocycles. The molecule has 0 unspecified atom stereocenters. The maximum absolute atomic E-state index is 14.5. The van der Waals surface area contributed by atoms with Gasteiger partial charge in [-0.15, -0.1) is 0 Å². The molecule has 1 amide bonds. The Morgan fingerprint density at radius 1 is 1.17 bits per heavy atom. The molecule has 0 radical (unpaired) electrons. The van der Waals surface area contributed by atoms with Crippen LogP contribution in [0.4, 0.5) is 14.5 Å². The van der Waals surface area contributed by atoms with E-state index in [1.807, 2.05) is 17.7 Å². The largest absolute Gasteiger partial charge is 0.468 e. The summed E-state index contributed by atoms with van der Waals surface area (Å²) >= 11 is 6.01. The van der Waals surface area contributed by atoms with Crippen LogP contribution in [0.25, 0.3) is 22.3 Å². The molecule has 2 atom stereocenters. The van der Waals surface area contributed by atoms with Crippen LogP contribution in [0.2, 0.25) is 5.15 Å². The van der Waals surface area contributed by atoms with E-state index >= 15 is 0 Å². The number of pyridine rings is 2. The normalized spacial score (nSPS) is 17.4. The van der Waals surface area contributed by atoms with Crippen molar-refractivity contribution in [2.75, 3.05) is 31.7 Å². The lowest BCUT2D eigenvalue weighted by Crippen LogP contribution is -2.52. The average Bonchev–Trinajstić information content (AvgIpc) is 2.96. The maximum Gasteiger partial charge on any atom is 0.296 e. The summed E-state index contributed by atoms with van der Waals surface area (Å²) in [6.45, 7) is 3.68. The van der Waals surface area contributed by atoms with Gasteiger partial charge in [-0.25, -0.2) is 36.9 Å². The fourth-order valence-electron chi connectivity index (χ4n) is 5.36. The number of carbonyl (C=O) groups excluding carboxylic acids is 1. The number of benzene rings is 1. The first-order valence-electron chi connectivity index (χ1n) is 14.2. The van der Waals surface area contributed by atoms with Gasteiger partial charge in [0.05, 0.1) is 35.4 Å². The Labute approximate surface area is 268 Å². The van der Waals surface area contributed by atoms with Gasteiger partial charge in [0.2, 0.25) is 15.9 Å². The number of hydrogen-bond donors (Lipinski definition) is 2. The highest BCUT2D eigenvalue weighted by atomic mass is 35.5. The Balaban J connectivity index is 1.50. The highest BCUT2D eigenvalue weighted by molar-refractivity contribution is 7.89. The molecule has 2 N–H and O–H groups in total. The van der Waals surface area contributed by atoms with E-state index < -0.39 is 40.5 Å². The van der Waals surface area contributed by atoms with Gasteiger partial charge in [0.25, 0.3) is 17.4 Å². The molecule has 0 aliphatic carbocycles. The lowest BCUT2D eigenvalue weighted by Gasteiger charge is -2.36. The lowest BCUT2D eigenvalue weighted by molar-refractivity contribution is -0.136. The first kappa shape index (κ1) is 33.2. The lowest BCUT2D eigenvalue weighted by atomic mass is 10.0. The number of likely N-dealkylation sites (tertiary alicyclic amines) is 1. The quantitative estimate of drug-likeness (QED) is 0.263. The van der Waals surface area contributed by atoms with Gasteiger partial charge in [0, 0.05) is 43.4 Å². The summed E-state index contributed by atoms with van der Waals surface area (Å²) in [5, 5.41) is 3.50. The minimum atomic E-state index is -3.88. The number of alkyl halides is 2. The third-order valence-corrected chi connectivity index (χ3v) is 8.30. The van der Waals surface area contributed by atoms with Crippen LogP contribution in [0.1, 0.15) is 41.0 Å². The third-order valence-electron chi connectivity index (χ3n) is 7.53. The number of hydrogen-bond acceptors (Lipinski definition) is 10. The fourth-order valence-corrected chi connectivity index (χ4v) is 5.94. The van der Waals surface area contributed by atoms with Crippen molar-refractivity contribution in [2.24, 2.45) is 7.05 Å². The highest BCUT2D eigenvalue weighted by Crippen LogP contribution is 2.32. The van der Waals surface area contributed by atoms with E-state index in [1.54, 1.807) is 38.1 Å². The van der Waals surface area contributed by atoms with Crippen LogP contribution in [0.3, 0.4) is 0 Å². The molecule has 4 aromatic rings. The summed E-state index contributed by atoms with van der Waals surface area (Å²) in [5.74, 6) is -3.69. The van der Waals surface area contributed by atoms with E-state index in [4.69, 9.17) is 21.3 Å². The Hall–Kier alpha value is -4.21. The first-order valence-corrected chi connectivity index (χ1v) is 16.5. The zero-order valence-electron chi connectivity index (χ0n) is 25.6. The molecule has 46 heavy (non-hydrogen) atoms.